The number of hydrogen-bond acceptors (Lipinski definition) is 4. The van der Waals surface area contributed by atoms with E-state index in [4.69, 9.17) is 14.6 Å². The maximum atomic E-state index is 11.1. The largest absolute Gasteiger partial charge is 0.493 e. The summed E-state index contributed by atoms with van der Waals surface area (Å²) in [6, 6.07) is 8.94. The highest BCUT2D eigenvalue weighted by Crippen LogP contribution is 2.27. The number of nitrogens with zero attached hydrogens (tertiary/aromatic N) is 1. The maximum Gasteiger partial charge on any atom is 0.326 e. The van der Waals surface area contributed by atoms with Gasteiger partial charge in [0.2, 0.25) is 0 Å². The van der Waals surface area contributed by atoms with Gasteiger partial charge in [-0.05, 0) is 36.8 Å². The Morgan fingerprint density at radius 3 is 2.61 bits per heavy atom. The summed E-state index contributed by atoms with van der Waals surface area (Å²) in [4.78, 5) is 11.1. The molecule has 0 aliphatic heterocycles. The van der Waals surface area contributed by atoms with Crippen molar-refractivity contribution in [2.24, 2.45) is 0 Å². The van der Waals surface area contributed by atoms with Gasteiger partial charge in [-0.1, -0.05) is 6.07 Å². The van der Waals surface area contributed by atoms with Gasteiger partial charge in [0, 0.05) is 25.0 Å². The second-order valence-corrected chi connectivity index (χ2v) is 5.21. The van der Waals surface area contributed by atoms with Gasteiger partial charge in [0.25, 0.3) is 0 Å². The zero-order valence-corrected chi connectivity index (χ0v) is 13.6. The molecule has 0 fully saturated rings. The average molecular weight is 318 g/mol. The predicted molar refractivity (Wildman–Crippen MR) is 86.9 cm³/mol. The summed E-state index contributed by atoms with van der Waals surface area (Å²) in [5.74, 6) is 0.539. The number of aliphatic carboxylic acids is 1. The molecule has 124 valence electrons. The highest BCUT2D eigenvalue weighted by atomic mass is 16.5. The molecule has 1 aromatic heterocycles. The highest BCUT2D eigenvalue weighted by Gasteiger charge is 2.15. The number of carbonyl (C=O) groups is 1. The van der Waals surface area contributed by atoms with Crippen LogP contribution < -0.4 is 14.8 Å². The minimum absolute atomic E-state index is 0.581. The van der Waals surface area contributed by atoms with Crippen molar-refractivity contribution >= 4 is 5.97 Å². The Bertz CT molecular complexity index is 666. The number of aromatic nitrogens is 1. The molecule has 1 unspecified atom stereocenters. The summed E-state index contributed by atoms with van der Waals surface area (Å²) in [5.41, 5.74) is 1.99. The summed E-state index contributed by atoms with van der Waals surface area (Å²) in [6.07, 6.45) is 1.78. The minimum atomic E-state index is -0.845. The number of nitrogens with one attached hydrogen (secondary N) is 1. The van der Waals surface area contributed by atoms with E-state index < -0.39 is 12.0 Å². The molecule has 0 aliphatic carbocycles. The number of carboxylic acid groups (broad SMARTS) is 1. The van der Waals surface area contributed by atoms with Crippen LogP contribution >= 0.6 is 0 Å². The van der Waals surface area contributed by atoms with E-state index >= 15 is 0 Å². The van der Waals surface area contributed by atoms with Crippen LogP contribution in [-0.2, 0) is 17.9 Å². The van der Waals surface area contributed by atoms with Crippen molar-refractivity contribution in [2.45, 2.75) is 26.1 Å². The lowest BCUT2D eigenvalue weighted by atomic mass is 10.2. The van der Waals surface area contributed by atoms with Crippen LogP contribution in [0.15, 0.2) is 36.5 Å². The zero-order valence-electron chi connectivity index (χ0n) is 13.6. The van der Waals surface area contributed by atoms with Gasteiger partial charge in [0.15, 0.2) is 11.5 Å². The molecule has 23 heavy (non-hydrogen) atoms. The predicted octanol–water partition coefficient (Wildman–Crippen LogP) is 2.44. The van der Waals surface area contributed by atoms with Crippen LogP contribution in [0.25, 0.3) is 0 Å². The van der Waals surface area contributed by atoms with E-state index in [2.05, 4.69) is 5.32 Å². The van der Waals surface area contributed by atoms with Crippen LogP contribution in [0.1, 0.15) is 24.2 Å². The number of ether oxygens (including phenoxy) is 2. The summed E-state index contributed by atoms with van der Waals surface area (Å²) < 4.78 is 12.3. The molecule has 2 aromatic rings. The van der Waals surface area contributed by atoms with E-state index in [0.29, 0.717) is 24.6 Å². The molecular weight excluding hydrogens is 296 g/mol. The van der Waals surface area contributed by atoms with E-state index in [1.807, 2.05) is 30.3 Å². The van der Waals surface area contributed by atoms with Crippen molar-refractivity contribution < 1.29 is 19.4 Å². The number of rotatable bonds is 8. The van der Waals surface area contributed by atoms with Crippen molar-refractivity contribution in [1.82, 2.24) is 9.88 Å². The topological polar surface area (TPSA) is 72.7 Å². The van der Waals surface area contributed by atoms with E-state index in [9.17, 15) is 4.79 Å². The second-order valence-electron chi connectivity index (χ2n) is 5.21. The third-order valence-electron chi connectivity index (χ3n) is 3.72. The Balaban J connectivity index is 1.98. The van der Waals surface area contributed by atoms with Crippen LogP contribution in [0, 0.1) is 0 Å². The van der Waals surface area contributed by atoms with Crippen molar-refractivity contribution in [3.05, 3.63) is 47.8 Å². The third kappa shape index (κ3) is 4.04. The van der Waals surface area contributed by atoms with Gasteiger partial charge >= 0.3 is 5.97 Å². The van der Waals surface area contributed by atoms with Gasteiger partial charge in [-0.2, -0.15) is 0 Å². The normalized spacial score (nSPS) is 12.0. The molecule has 6 heteroatoms. The summed E-state index contributed by atoms with van der Waals surface area (Å²) in [5, 5.41) is 12.4. The van der Waals surface area contributed by atoms with Crippen LogP contribution in [0.2, 0.25) is 0 Å². The van der Waals surface area contributed by atoms with E-state index in [1.54, 1.807) is 31.9 Å². The minimum Gasteiger partial charge on any atom is -0.493 e. The first-order chi connectivity index (χ1) is 11.1. The lowest BCUT2D eigenvalue weighted by Crippen LogP contribution is -2.21. The van der Waals surface area contributed by atoms with Crippen molar-refractivity contribution in [3.63, 3.8) is 0 Å². The van der Waals surface area contributed by atoms with Gasteiger partial charge in [-0.15, -0.1) is 0 Å². The quantitative estimate of drug-likeness (QED) is 0.782. The van der Waals surface area contributed by atoms with Crippen LogP contribution in [-0.4, -0.2) is 29.9 Å². The average Bonchev–Trinajstić information content (AvgIpc) is 3.02. The molecule has 0 radical (unpaired) electrons. The Labute approximate surface area is 135 Å². The van der Waals surface area contributed by atoms with Crippen molar-refractivity contribution in [1.29, 1.82) is 0 Å². The molecule has 1 heterocycles. The molecule has 0 amide bonds. The van der Waals surface area contributed by atoms with Gasteiger partial charge in [0.1, 0.15) is 6.04 Å². The van der Waals surface area contributed by atoms with Gasteiger partial charge in [0.05, 0.1) is 14.2 Å². The van der Waals surface area contributed by atoms with Gasteiger partial charge < -0.3 is 24.5 Å². The summed E-state index contributed by atoms with van der Waals surface area (Å²) in [6.45, 7) is 2.89. The Kier molecular flexibility index (Phi) is 5.65. The first-order valence-corrected chi connectivity index (χ1v) is 7.37. The van der Waals surface area contributed by atoms with E-state index in [0.717, 1.165) is 11.3 Å². The lowest BCUT2D eigenvalue weighted by Gasteiger charge is -2.14. The molecule has 1 atom stereocenters. The standard InChI is InChI=1S/C17H22N2O4/c1-12(17(20)21)19-8-4-5-14(19)11-18-10-13-6-7-15(22-2)16(9-13)23-3/h4-9,12,18H,10-11H2,1-3H3,(H,20,21). The molecule has 2 rings (SSSR count). The Morgan fingerprint density at radius 1 is 1.22 bits per heavy atom. The van der Waals surface area contributed by atoms with E-state index in [1.165, 1.54) is 0 Å². The molecule has 6 nitrogen and oxygen atoms in total. The molecule has 0 spiro atoms. The second kappa shape index (κ2) is 7.69. The van der Waals surface area contributed by atoms with Gasteiger partial charge in [-0.25, -0.2) is 4.79 Å². The Morgan fingerprint density at radius 2 is 1.96 bits per heavy atom. The fourth-order valence-electron chi connectivity index (χ4n) is 2.40. The fourth-order valence-corrected chi connectivity index (χ4v) is 2.40. The third-order valence-corrected chi connectivity index (χ3v) is 3.72. The Hall–Kier alpha value is -2.47. The molecule has 0 bridgehead atoms. The van der Waals surface area contributed by atoms with Crippen molar-refractivity contribution in [3.8, 4) is 11.5 Å². The number of hydrogen-bond donors (Lipinski definition) is 2. The zero-order chi connectivity index (χ0) is 16.8. The molecule has 0 aliphatic rings. The van der Waals surface area contributed by atoms with Crippen LogP contribution in [0.5, 0.6) is 11.5 Å². The monoisotopic (exact) mass is 318 g/mol. The number of carboxylic acids is 1. The molecule has 0 saturated heterocycles. The SMILES string of the molecule is COc1ccc(CNCc2cccn2C(C)C(=O)O)cc1OC. The lowest BCUT2D eigenvalue weighted by molar-refractivity contribution is -0.140. The number of methoxy groups -OCH3 is 2. The van der Waals surface area contributed by atoms with Crippen molar-refractivity contribution in [2.75, 3.05) is 14.2 Å². The molecular formula is C17H22N2O4. The van der Waals surface area contributed by atoms with Crippen LogP contribution in [0.4, 0.5) is 0 Å². The summed E-state index contributed by atoms with van der Waals surface area (Å²) >= 11 is 0. The first kappa shape index (κ1) is 16.9. The first-order valence-electron chi connectivity index (χ1n) is 7.37. The molecule has 1 aromatic carbocycles. The maximum absolute atomic E-state index is 11.1. The fraction of sp³-hybridized carbons (Fsp3) is 0.353. The smallest absolute Gasteiger partial charge is 0.326 e. The summed E-state index contributed by atoms with van der Waals surface area (Å²) in [7, 11) is 3.21. The van der Waals surface area contributed by atoms with E-state index in [-0.39, 0.29) is 0 Å². The van der Waals surface area contributed by atoms with Gasteiger partial charge in [-0.3, -0.25) is 0 Å². The highest BCUT2D eigenvalue weighted by molar-refractivity contribution is 5.71. The molecule has 0 saturated carbocycles. The van der Waals surface area contributed by atoms with Crippen LogP contribution in [0.3, 0.4) is 0 Å². The molecule has 2 N–H and O–H groups in total. The number of benzene rings is 1.